The van der Waals surface area contributed by atoms with Gasteiger partial charge in [-0.1, -0.05) is 0 Å². The highest BCUT2D eigenvalue weighted by atomic mass is 79.9. The standard InChI is InChI=1S/C18H20BrN3O4/c19-16-12-11-15(17(23)24)26-14(12)4-3-13(16)20-7-9-22(10-8-20)18(25)21-5-1-2-6-21/h3-4,11H,1-2,5-10H2,(H,23,24). The van der Waals surface area contributed by atoms with Crippen LogP contribution in [0.4, 0.5) is 10.5 Å². The van der Waals surface area contributed by atoms with E-state index >= 15 is 0 Å². The quantitative estimate of drug-likeness (QED) is 0.804. The van der Waals surface area contributed by atoms with Crippen LogP contribution in [0.15, 0.2) is 27.1 Å². The molecule has 2 fully saturated rings. The summed E-state index contributed by atoms with van der Waals surface area (Å²) in [4.78, 5) is 29.7. The largest absolute Gasteiger partial charge is 0.475 e. The molecule has 0 spiro atoms. The second-order valence-electron chi connectivity index (χ2n) is 6.68. The van der Waals surface area contributed by atoms with E-state index in [1.165, 1.54) is 0 Å². The molecule has 1 aromatic heterocycles. The van der Waals surface area contributed by atoms with E-state index < -0.39 is 5.97 Å². The van der Waals surface area contributed by atoms with Gasteiger partial charge >= 0.3 is 12.0 Å². The van der Waals surface area contributed by atoms with Gasteiger partial charge in [-0.15, -0.1) is 0 Å². The SMILES string of the molecule is O=C(O)c1cc2c(Br)c(N3CCN(C(=O)N4CCCC4)CC3)ccc2o1. The summed E-state index contributed by atoms with van der Waals surface area (Å²) in [6.45, 7) is 4.60. The number of carboxylic acid groups (broad SMARTS) is 1. The van der Waals surface area contributed by atoms with E-state index in [2.05, 4.69) is 20.8 Å². The van der Waals surface area contributed by atoms with Crippen LogP contribution in [0.5, 0.6) is 0 Å². The van der Waals surface area contributed by atoms with Crippen LogP contribution in [0.25, 0.3) is 11.0 Å². The normalized spacial score (nSPS) is 18.0. The van der Waals surface area contributed by atoms with Gasteiger partial charge in [0.1, 0.15) is 5.58 Å². The van der Waals surface area contributed by atoms with Gasteiger partial charge < -0.3 is 24.2 Å². The fourth-order valence-electron chi connectivity index (χ4n) is 3.66. The van der Waals surface area contributed by atoms with E-state index in [0.29, 0.717) is 18.7 Å². The molecule has 2 saturated heterocycles. The van der Waals surface area contributed by atoms with Crippen molar-refractivity contribution in [1.82, 2.24) is 9.80 Å². The number of aromatic carboxylic acids is 1. The number of halogens is 1. The van der Waals surface area contributed by atoms with E-state index in [4.69, 9.17) is 9.52 Å². The number of fused-ring (bicyclic) bond motifs is 1. The van der Waals surface area contributed by atoms with Crippen molar-refractivity contribution >= 4 is 44.6 Å². The highest BCUT2D eigenvalue weighted by Crippen LogP contribution is 2.36. The van der Waals surface area contributed by atoms with Gasteiger partial charge in [0.25, 0.3) is 0 Å². The average Bonchev–Trinajstić information content (AvgIpc) is 3.32. The second-order valence-corrected chi connectivity index (χ2v) is 7.47. The zero-order valence-electron chi connectivity index (χ0n) is 14.3. The Morgan fingerprint density at radius 2 is 1.65 bits per heavy atom. The maximum absolute atomic E-state index is 12.5. The first-order chi connectivity index (χ1) is 12.5. The van der Waals surface area contributed by atoms with Gasteiger partial charge in [0.15, 0.2) is 0 Å². The summed E-state index contributed by atoms with van der Waals surface area (Å²) in [6, 6.07) is 5.42. The summed E-state index contributed by atoms with van der Waals surface area (Å²) in [5.41, 5.74) is 1.53. The summed E-state index contributed by atoms with van der Waals surface area (Å²) in [6.07, 6.45) is 2.20. The van der Waals surface area contributed by atoms with Gasteiger partial charge in [-0.25, -0.2) is 9.59 Å². The average molecular weight is 422 g/mol. The number of rotatable bonds is 2. The molecule has 2 aliphatic rings. The molecule has 2 amide bonds. The second kappa shape index (κ2) is 6.83. The van der Waals surface area contributed by atoms with Gasteiger partial charge in [0, 0.05) is 50.7 Å². The number of hydrogen-bond acceptors (Lipinski definition) is 4. The Balaban J connectivity index is 1.49. The van der Waals surface area contributed by atoms with E-state index in [-0.39, 0.29) is 11.8 Å². The highest BCUT2D eigenvalue weighted by Gasteiger charge is 2.28. The number of hydrogen-bond donors (Lipinski definition) is 1. The van der Waals surface area contributed by atoms with Crippen LogP contribution in [0.2, 0.25) is 0 Å². The maximum atomic E-state index is 12.5. The number of furan rings is 1. The van der Waals surface area contributed by atoms with Gasteiger partial charge in [0.05, 0.1) is 10.2 Å². The van der Waals surface area contributed by atoms with Crippen molar-refractivity contribution in [2.24, 2.45) is 0 Å². The molecule has 2 aliphatic heterocycles. The number of anilines is 1. The van der Waals surface area contributed by atoms with Crippen LogP contribution in [0.1, 0.15) is 23.4 Å². The summed E-state index contributed by atoms with van der Waals surface area (Å²) in [7, 11) is 0. The monoisotopic (exact) mass is 421 g/mol. The van der Waals surface area contributed by atoms with E-state index in [9.17, 15) is 9.59 Å². The summed E-state index contributed by atoms with van der Waals surface area (Å²) in [5.74, 6) is -1.15. The van der Waals surface area contributed by atoms with Crippen molar-refractivity contribution < 1.29 is 19.1 Å². The topological polar surface area (TPSA) is 77.2 Å². The maximum Gasteiger partial charge on any atom is 0.371 e. The molecule has 0 bridgehead atoms. The summed E-state index contributed by atoms with van der Waals surface area (Å²) >= 11 is 3.59. The fraction of sp³-hybridized carbons (Fsp3) is 0.444. The lowest BCUT2D eigenvalue weighted by Gasteiger charge is -2.38. The Labute approximate surface area is 159 Å². The third-order valence-corrected chi connectivity index (χ3v) is 5.93. The molecule has 26 heavy (non-hydrogen) atoms. The third-order valence-electron chi connectivity index (χ3n) is 5.09. The van der Waals surface area contributed by atoms with E-state index in [0.717, 1.165) is 54.6 Å². The van der Waals surface area contributed by atoms with Crippen molar-refractivity contribution in [3.8, 4) is 0 Å². The Bertz CT molecular complexity index is 851. The lowest BCUT2D eigenvalue weighted by molar-refractivity contribution is 0.0665. The molecule has 0 saturated carbocycles. The zero-order valence-corrected chi connectivity index (χ0v) is 15.9. The van der Waals surface area contributed by atoms with Crippen LogP contribution in [0, 0.1) is 0 Å². The summed E-state index contributed by atoms with van der Waals surface area (Å²) in [5, 5.41) is 9.85. The van der Waals surface area contributed by atoms with Crippen LogP contribution < -0.4 is 4.90 Å². The number of carboxylic acids is 1. The van der Waals surface area contributed by atoms with E-state index in [1.807, 2.05) is 15.9 Å². The minimum atomic E-state index is -1.08. The molecule has 7 nitrogen and oxygen atoms in total. The molecule has 2 aromatic rings. The first-order valence-electron chi connectivity index (χ1n) is 8.79. The number of nitrogens with zero attached hydrogens (tertiary/aromatic N) is 3. The van der Waals surface area contributed by atoms with Crippen LogP contribution >= 0.6 is 15.9 Å². The third kappa shape index (κ3) is 3.02. The fourth-order valence-corrected chi connectivity index (χ4v) is 4.36. The predicted molar refractivity (Wildman–Crippen MR) is 101 cm³/mol. The van der Waals surface area contributed by atoms with Crippen molar-refractivity contribution in [3.05, 3.63) is 28.4 Å². The molecule has 0 atom stereocenters. The molecule has 3 heterocycles. The lowest BCUT2D eigenvalue weighted by atomic mass is 10.2. The number of likely N-dealkylation sites (tertiary alicyclic amines) is 1. The minimum Gasteiger partial charge on any atom is -0.475 e. The van der Waals surface area contributed by atoms with E-state index in [1.54, 1.807) is 12.1 Å². The molecule has 0 unspecified atom stereocenters. The molecule has 1 aromatic carbocycles. The first-order valence-corrected chi connectivity index (χ1v) is 9.58. The predicted octanol–water partition coefficient (Wildman–Crippen LogP) is 3.23. The number of urea groups is 1. The molecule has 138 valence electrons. The number of piperazine rings is 1. The van der Waals surface area contributed by atoms with Crippen molar-refractivity contribution in [2.75, 3.05) is 44.2 Å². The molecular formula is C18H20BrN3O4. The van der Waals surface area contributed by atoms with Gasteiger partial charge in [0.2, 0.25) is 5.76 Å². The van der Waals surface area contributed by atoms with Crippen molar-refractivity contribution in [2.45, 2.75) is 12.8 Å². The lowest BCUT2D eigenvalue weighted by Crippen LogP contribution is -2.52. The Kier molecular flexibility index (Phi) is 4.52. The van der Waals surface area contributed by atoms with Crippen molar-refractivity contribution in [3.63, 3.8) is 0 Å². The molecule has 8 heteroatoms. The van der Waals surface area contributed by atoms with Crippen LogP contribution in [0.3, 0.4) is 0 Å². The number of amides is 2. The molecule has 0 radical (unpaired) electrons. The molecule has 0 aliphatic carbocycles. The van der Waals surface area contributed by atoms with Crippen LogP contribution in [-0.2, 0) is 0 Å². The Hall–Kier alpha value is -2.22. The van der Waals surface area contributed by atoms with Crippen LogP contribution in [-0.4, -0.2) is 66.2 Å². The smallest absolute Gasteiger partial charge is 0.371 e. The van der Waals surface area contributed by atoms with Gasteiger partial charge in [-0.3, -0.25) is 0 Å². The number of carbonyl (C=O) groups is 2. The van der Waals surface area contributed by atoms with Gasteiger partial charge in [-0.05, 0) is 40.9 Å². The minimum absolute atomic E-state index is 0.0705. The number of carbonyl (C=O) groups excluding carboxylic acids is 1. The summed E-state index contributed by atoms with van der Waals surface area (Å²) < 4.78 is 6.18. The number of benzene rings is 1. The Morgan fingerprint density at radius 1 is 1.00 bits per heavy atom. The van der Waals surface area contributed by atoms with Crippen molar-refractivity contribution in [1.29, 1.82) is 0 Å². The molecular weight excluding hydrogens is 402 g/mol. The Morgan fingerprint density at radius 3 is 2.31 bits per heavy atom. The zero-order chi connectivity index (χ0) is 18.3. The molecule has 1 N–H and O–H groups in total. The first kappa shape index (κ1) is 17.2. The highest BCUT2D eigenvalue weighted by molar-refractivity contribution is 9.10. The molecule has 4 rings (SSSR count). The van der Waals surface area contributed by atoms with Gasteiger partial charge in [-0.2, -0.15) is 0 Å².